The zero-order valence-corrected chi connectivity index (χ0v) is 9.02. The molecule has 13 heavy (non-hydrogen) atoms. The molecular formula is C10H17N2S. The van der Waals surface area contributed by atoms with E-state index in [1.807, 2.05) is 11.8 Å². The molecule has 1 unspecified atom stereocenters. The summed E-state index contributed by atoms with van der Waals surface area (Å²) in [6.45, 7) is 4.20. The van der Waals surface area contributed by atoms with Crippen molar-refractivity contribution in [2.24, 2.45) is 10.9 Å². The van der Waals surface area contributed by atoms with Crippen molar-refractivity contribution in [3.63, 3.8) is 0 Å². The number of rotatable bonds is 4. The molecule has 1 aliphatic carbocycles. The Labute approximate surface area is 84.6 Å². The van der Waals surface area contributed by atoms with Gasteiger partial charge in [-0.05, 0) is 25.2 Å². The molecule has 0 N–H and O–H groups in total. The van der Waals surface area contributed by atoms with Gasteiger partial charge < -0.3 is 0 Å². The van der Waals surface area contributed by atoms with E-state index in [9.17, 15) is 0 Å². The van der Waals surface area contributed by atoms with Crippen LogP contribution in [-0.2, 0) is 0 Å². The number of thioether (sulfide) groups is 1. The van der Waals surface area contributed by atoms with Gasteiger partial charge in [0.15, 0.2) is 5.17 Å². The first-order chi connectivity index (χ1) is 6.40. The molecule has 2 nitrogen and oxygen atoms in total. The smallest absolute Gasteiger partial charge is 0.178 e. The second kappa shape index (κ2) is 4.36. The van der Waals surface area contributed by atoms with Crippen molar-refractivity contribution in [1.82, 2.24) is 5.32 Å². The quantitative estimate of drug-likeness (QED) is 0.635. The van der Waals surface area contributed by atoms with E-state index in [0.29, 0.717) is 0 Å². The van der Waals surface area contributed by atoms with Gasteiger partial charge in [0.25, 0.3) is 0 Å². The molecule has 0 aromatic heterocycles. The summed E-state index contributed by atoms with van der Waals surface area (Å²) in [4.78, 5) is 4.49. The lowest BCUT2D eigenvalue weighted by atomic mass is 10.3. The monoisotopic (exact) mass is 197 g/mol. The molecule has 1 radical (unpaired) electrons. The Balaban J connectivity index is 1.73. The topological polar surface area (TPSA) is 26.5 Å². The van der Waals surface area contributed by atoms with Gasteiger partial charge in [0.05, 0.1) is 6.54 Å². The number of amidine groups is 1. The highest BCUT2D eigenvalue weighted by Crippen LogP contribution is 2.41. The maximum Gasteiger partial charge on any atom is 0.178 e. The van der Waals surface area contributed by atoms with Crippen LogP contribution in [0.3, 0.4) is 0 Å². The number of hydrogen-bond donors (Lipinski definition) is 0. The van der Waals surface area contributed by atoms with Crippen LogP contribution in [0.5, 0.6) is 0 Å². The molecule has 1 saturated heterocycles. The van der Waals surface area contributed by atoms with Crippen LogP contribution in [0.1, 0.15) is 32.6 Å². The first-order valence-corrected chi connectivity index (χ1v) is 6.16. The Hall–Kier alpha value is -0.180. The SMILES string of the molecule is CCCCN=C1[N]CC(C2CC2)S1. The van der Waals surface area contributed by atoms with Crippen LogP contribution in [-0.4, -0.2) is 23.5 Å². The lowest BCUT2D eigenvalue weighted by Gasteiger charge is -1.99. The number of hydrogen-bond acceptors (Lipinski definition) is 2. The fourth-order valence-corrected chi connectivity index (χ4v) is 2.71. The molecule has 1 atom stereocenters. The predicted molar refractivity (Wildman–Crippen MR) is 58.3 cm³/mol. The van der Waals surface area contributed by atoms with Crippen molar-refractivity contribution in [1.29, 1.82) is 0 Å². The summed E-state index contributed by atoms with van der Waals surface area (Å²) in [7, 11) is 0. The standard InChI is InChI=1S/C10H17N2S/c1-2-3-6-11-10-12-7-9(13-10)8-4-5-8/h8-9H,2-7H2,1H3. The fourth-order valence-electron chi connectivity index (χ4n) is 1.51. The van der Waals surface area contributed by atoms with E-state index < -0.39 is 0 Å². The molecule has 1 aliphatic heterocycles. The van der Waals surface area contributed by atoms with E-state index in [0.717, 1.165) is 29.4 Å². The summed E-state index contributed by atoms with van der Waals surface area (Å²) in [6, 6.07) is 0. The van der Waals surface area contributed by atoms with E-state index in [2.05, 4.69) is 17.2 Å². The Morgan fingerprint density at radius 3 is 3.08 bits per heavy atom. The molecule has 0 aromatic rings. The summed E-state index contributed by atoms with van der Waals surface area (Å²) in [5.74, 6) is 0.965. The van der Waals surface area contributed by atoms with E-state index in [1.165, 1.54) is 25.7 Å². The molecule has 73 valence electrons. The van der Waals surface area contributed by atoms with Crippen molar-refractivity contribution in [2.45, 2.75) is 37.9 Å². The molecule has 1 saturated carbocycles. The van der Waals surface area contributed by atoms with Crippen molar-refractivity contribution >= 4 is 16.9 Å². The van der Waals surface area contributed by atoms with Crippen LogP contribution in [0.25, 0.3) is 0 Å². The van der Waals surface area contributed by atoms with E-state index >= 15 is 0 Å². The number of nitrogens with zero attached hydrogens (tertiary/aromatic N) is 2. The van der Waals surface area contributed by atoms with E-state index in [-0.39, 0.29) is 0 Å². The second-order valence-electron chi connectivity index (χ2n) is 3.85. The molecule has 2 fully saturated rings. The van der Waals surface area contributed by atoms with Crippen LogP contribution in [0.15, 0.2) is 4.99 Å². The highest BCUT2D eigenvalue weighted by atomic mass is 32.2. The minimum atomic E-state index is 0.778. The molecule has 2 rings (SSSR count). The first kappa shape index (κ1) is 9.38. The van der Waals surface area contributed by atoms with Crippen molar-refractivity contribution in [3.8, 4) is 0 Å². The van der Waals surface area contributed by atoms with Gasteiger partial charge in [-0.3, -0.25) is 10.3 Å². The summed E-state index contributed by atoms with van der Waals surface area (Å²) in [6.07, 6.45) is 5.28. The van der Waals surface area contributed by atoms with Gasteiger partial charge in [-0.1, -0.05) is 25.1 Å². The lowest BCUT2D eigenvalue weighted by Crippen LogP contribution is -2.10. The lowest BCUT2D eigenvalue weighted by molar-refractivity contribution is 0.732. The number of unbranched alkanes of at least 4 members (excludes halogenated alkanes) is 1. The Bertz CT molecular complexity index is 199. The Kier molecular flexibility index (Phi) is 3.14. The van der Waals surface area contributed by atoms with Gasteiger partial charge in [0, 0.05) is 11.8 Å². The van der Waals surface area contributed by atoms with Gasteiger partial charge in [-0.15, -0.1) is 0 Å². The second-order valence-corrected chi connectivity index (χ2v) is 5.06. The highest BCUT2D eigenvalue weighted by molar-refractivity contribution is 8.14. The van der Waals surface area contributed by atoms with Crippen LogP contribution < -0.4 is 5.32 Å². The predicted octanol–water partition coefficient (Wildman–Crippen LogP) is 2.27. The average molecular weight is 197 g/mol. The first-order valence-electron chi connectivity index (χ1n) is 5.28. The molecule has 0 bridgehead atoms. The highest BCUT2D eigenvalue weighted by Gasteiger charge is 2.36. The summed E-state index contributed by atoms with van der Waals surface area (Å²) >= 11 is 1.92. The summed E-state index contributed by atoms with van der Waals surface area (Å²) < 4.78 is 0. The van der Waals surface area contributed by atoms with E-state index in [1.54, 1.807) is 0 Å². The third-order valence-corrected chi connectivity index (χ3v) is 3.88. The number of aliphatic imine (C=N–C) groups is 1. The normalized spacial score (nSPS) is 30.8. The van der Waals surface area contributed by atoms with Gasteiger partial charge in [-0.2, -0.15) is 0 Å². The van der Waals surface area contributed by atoms with E-state index in [4.69, 9.17) is 0 Å². The third-order valence-electron chi connectivity index (χ3n) is 2.57. The van der Waals surface area contributed by atoms with Crippen LogP contribution in [0, 0.1) is 5.92 Å². The summed E-state index contributed by atoms with van der Waals surface area (Å²) in [5.41, 5.74) is 0. The molecule has 0 aromatic carbocycles. The molecule has 3 heteroatoms. The molecule has 0 spiro atoms. The van der Waals surface area contributed by atoms with Crippen LogP contribution in [0.4, 0.5) is 0 Å². The largest absolute Gasteiger partial charge is 0.261 e. The maximum atomic E-state index is 4.49. The fraction of sp³-hybridized carbons (Fsp3) is 0.900. The molecule has 0 amide bonds. The zero-order valence-electron chi connectivity index (χ0n) is 8.20. The average Bonchev–Trinajstić information content (AvgIpc) is 2.88. The minimum Gasteiger partial charge on any atom is -0.261 e. The minimum absolute atomic E-state index is 0.778. The van der Waals surface area contributed by atoms with Crippen molar-refractivity contribution < 1.29 is 0 Å². The Morgan fingerprint density at radius 1 is 1.54 bits per heavy atom. The van der Waals surface area contributed by atoms with Gasteiger partial charge >= 0.3 is 0 Å². The van der Waals surface area contributed by atoms with Gasteiger partial charge in [0.1, 0.15) is 0 Å². The molecule has 1 heterocycles. The Morgan fingerprint density at radius 2 is 2.38 bits per heavy atom. The maximum absolute atomic E-state index is 4.49. The zero-order chi connectivity index (χ0) is 9.10. The van der Waals surface area contributed by atoms with Gasteiger partial charge in [-0.25, -0.2) is 0 Å². The van der Waals surface area contributed by atoms with Gasteiger partial charge in [0.2, 0.25) is 0 Å². The molecule has 2 aliphatic rings. The summed E-state index contributed by atoms with van der Waals surface area (Å²) in [5, 5.41) is 6.32. The molecular weight excluding hydrogens is 180 g/mol. The van der Waals surface area contributed by atoms with Crippen LogP contribution >= 0.6 is 11.8 Å². The van der Waals surface area contributed by atoms with Crippen molar-refractivity contribution in [3.05, 3.63) is 0 Å². The van der Waals surface area contributed by atoms with Crippen molar-refractivity contribution in [2.75, 3.05) is 13.1 Å². The third kappa shape index (κ3) is 2.63. The van der Waals surface area contributed by atoms with Crippen LogP contribution in [0.2, 0.25) is 0 Å².